The monoisotopic (exact) mass is 317 g/mol. The number of carbonyl (C=O) groups excluding carboxylic acids is 1. The van der Waals surface area contributed by atoms with E-state index >= 15 is 0 Å². The summed E-state index contributed by atoms with van der Waals surface area (Å²) >= 11 is 0. The van der Waals surface area contributed by atoms with Crippen LogP contribution in [0.3, 0.4) is 0 Å². The highest BCUT2D eigenvalue weighted by atomic mass is 16.4. The molecule has 3 atom stereocenters. The summed E-state index contributed by atoms with van der Waals surface area (Å²) in [6.45, 7) is 2.72. The van der Waals surface area contributed by atoms with Crippen LogP contribution >= 0.6 is 0 Å². The van der Waals surface area contributed by atoms with Crippen molar-refractivity contribution in [3.05, 3.63) is 35.9 Å². The number of nitrogens with one attached hydrogen (secondary N) is 1. The normalized spacial score (nSPS) is 22.3. The van der Waals surface area contributed by atoms with Crippen LogP contribution in [0, 0.1) is 11.8 Å². The predicted octanol–water partition coefficient (Wildman–Crippen LogP) is 3.58. The molecule has 0 unspecified atom stereocenters. The molecule has 1 amide bonds. The van der Waals surface area contributed by atoms with Gasteiger partial charge in [-0.15, -0.1) is 0 Å². The van der Waals surface area contributed by atoms with E-state index in [1.165, 1.54) is 5.56 Å². The average molecular weight is 317 g/mol. The van der Waals surface area contributed by atoms with Crippen molar-refractivity contribution in [3.63, 3.8) is 0 Å². The van der Waals surface area contributed by atoms with Gasteiger partial charge in [-0.25, -0.2) is 0 Å². The van der Waals surface area contributed by atoms with Crippen LogP contribution in [0.2, 0.25) is 0 Å². The molecular weight excluding hydrogens is 290 g/mol. The molecule has 4 nitrogen and oxygen atoms in total. The quantitative estimate of drug-likeness (QED) is 0.808. The Morgan fingerprint density at radius 3 is 2.43 bits per heavy atom. The van der Waals surface area contributed by atoms with E-state index in [1.807, 2.05) is 18.2 Å². The topological polar surface area (TPSA) is 66.4 Å². The van der Waals surface area contributed by atoms with Crippen molar-refractivity contribution in [2.24, 2.45) is 11.8 Å². The lowest BCUT2D eigenvalue weighted by atomic mass is 9.78. The molecule has 1 aromatic carbocycles. The van der Waals surface area contributed by atoms with Crippen LogP contribution in [0.15, 0.2) is 30.3 Å². The zero-order chi connectivity index (χ0) is 16.7. The van der Waals surface area contributed by atoms with Crippen LogP contribution in [-0.2, 0) is 9.59 Å². The SMILES string of the molecule is CCC[C@@H](CNC(=O)[C@@H]1CCCC[C@@H]1C(=O)O)c1ccccc1. The average Bonchev–Trinajstić information content (AvgIpc) is 2.59. The minimum Gasteiger partial charge on any atom is -0.481 e. The van der Waals surface area contributed by atoms with Crippen LogP contribution < -0.4 is 5.32 Å². The first kappa shape index (κ1) is 17.5. The lowest BCUT2D eigenvalue weighted by Crippen LogP contribution is -2.41. The summed E-state index contributed by atoms with van der Waals surface area (Å²) in [5.41, 5.74) is 1.23. The van der Waals surface area contributed by atoms with Crippen molar-refractivity contribution in [1.82, 2.24) is 5.32 Å². The number of benzene rings is 1. The van der Waals surface area contributed by atoms with Gasteiger partial charge in [-0.2, -0.15) is 0 Å². The fourth-order valence-electron chi connectivity index (χ4n) is 3.56. The van der Waals surface area contributed by atoms with Crippen molar-refractivity contribution in [2.75, 3.05) is 6.54 Å². The van der Waals surface area contributed by atoms with Gasteiger partial charge in [-0.05, 0) is 24.8 Å². The van der Waals surface area contributed by atoms with Gasteiger partial charge in [-0.3, -0.25) is 9.59 Å². The first-order chi connectivity index (χ1) is 11.1. The highest BCUT2D eigenvalue weighted by Crippen LogP contribution is 2.30. The molecule has 2 N–H and O–H groups in total. The summed E-state index contributed by atoms with van der Waals surface area (Å²) in [7, 11) is 0. The summed E-state index contributed by atoms with van der Waals surface area (Å²) in [6, 6.07) is 10.2. The number of aliphatic carboxylic acids is 1. The van der Waals surface area contributed by atoms with Crippen molar-refractivity contribution in [2.45, 2.75) is 51.4 Å². The van der Waals surface area contributed by atoms with Crippen LogP contribution in [-0.4, -0.2) is 23.5 Å². The van der Waals surface area contributed by atoms with Gasteiger partial charge in [0.25, 0.3) is 0 Å². The fraction of sp³-hybridized carbons (Fsp3) is 0.579. The molecule has 4 heteroatoms. The van der Waals surface area contributed by atoms with Gasteiger partial charge >= 0.3 is 5.97 Å². The zero-order valence-electron chi connectivity index (χ0n) is 13.8. The first-order valence-electron chi connectivity index (χ1n) is 8.69. The van der Waals surface area contributed by atoms with E-state index in [4.69, 9.17) is 0 Å². The number of hydrogen-bond acceptors (Lipinski definition) is 2. The Morgan fingerprint density at radius 1 is 1.17 bits per heavy atom. The van der Waals surface area contributed by atoms with Crippen molar-refractivity contribution in [3.8, 4) is 0 Å². The van der Waals surface area contributed by atoms with E-state index in [9.17, 15) is 14.7 Å². The third-order valence-corrected chi connectivity index (χ3v) is 4.85. The standard InChI is InChI=1S/C19H27NO3/c1-2-8-15(14-9-4-3-5-10-14)13-20-18(21)16-11-6-7-12-17(16)19(22)23/h3-5,9-10,15-17H,2,6-8,11-13H2,1H3,(H,20,21)(H,22,23)/t15-,16+,17-/m0/s1. The molecule has 2 rings (SSSR count). The number of carboxylic acids is 1. The van der Waals surface area contributed by atoms with Crippen LogP contribution in [0.4, 0.5) is 0 Å². The molecule has 1 saturated carbocycles. The molecule has 0 spiro atoms. The van der Waals surface area contributed by atoms with E-state index in [0.29, 0.717) is 19.4 Å². The maximum atomic E-state index is 12.5. The molecule has 1 aromatic rings. The third kappa shape index (κ3) is 4.81. The molecule has 1 fully saturated rings. The molecule has 0 aliphatic heterocycles. The number of hydrogen-bond donors (Lipinski definition) is 2. The largest absolute Gasteiger partial charge is 0.481 e. The summed E-state index contributed by atoms with van der Waals surface area (Å²) < 4.78 is 0. The van der Waals surface area contributed by atoms with E-state index in [-0.39, 0.29) is 17.7 Å². The second kappa shape index (κ2) is 8.70. The molecule has 0 aromatic heterocycles. The Labute approximate surface area is 138 Å². The van der Waals surface area contributed by atoms with E-state index in [2.05, 4.69) is 24.4 Å². The van der Waals surface area contributed by atoms with Gasteiger partial charge in [-0.1, -0.05) is 56.5 Å². The van der Waals surface area contributed by atoms with Crippen molar-refractivity contribution < 1.29 is 14.7 Å². The van der Waals surface area contributed by atoms with Gasteiger partial charge in [0.2, 0.25) is 5.91 Å². The maximum Gasteiger partial charge on any atom is 0.307 e. The molecule has 1 aliphatic carbocycles. The summed E-state index contributed by atoms with van der Waals surface area (Å²) in [5.74, 6) is -1.53. The molecule has 0 bridgehead atoms. The summed E-state index contributed by atoms with van der Waals surface area (Å²) in [6.07, 6.45) is 5.22. The van der Waals surface area contributed by atoms with Gasteiger partial charge in [0, 0.05) is 12.5 Å². The number of carbonyl (C=O) groups is 2. The Morgan fingerprint density at radius 2 is 1.83 bits per heavy atom. The lowest BCUT2D eigenvalue weighted by Gasteiger charge is -2.28. The minimum absolute atomic E-state index is 0.0888. The smallest absolute Gasteiger partial charge is 0.307 e. The van der Waals surface area contributed by atoms with Gasteiger partial charge in [0.1, 0.15) is 0 Å². The number of rotatable bonds is 7. The Kier molecular flexibility index (Phi) is 6.63. The molecule has 23 heavy (non-hydrogen) atoms. The highest BCUT2D eigenvalue weighted by molar-refractivity contribution is 5.84. The van der Waals surface area contributed by atoms with Gasteiger partial charge in [0.05, 0.1) is 11.8 Å². The van der Waals surface area contributed by atoms with Crippen molar-refractivity contribution >= 4 is 11.9 Å². The van der Waals surface area contributed by atoms with E-state index < -0.39 is 11.9 Å². The Hall–Kier alpha value is -1.84. The number of amides is 1. The Balaban J connectivity index is 1.96. The maximum absolute atomic E-state index is 12.5. The zero-order valence-corrected chi connectivity index (χ0v) is 13.8. The summed E-state index contributed by atoms with van der Waals surface area (Å²) in [5, 5.41) is 12.3. The molecule has 1 aliphatic rings. The first-order valence-corrected chi connectivity index (χ1v) is 8.69. The third-order valence-electron chi connectivity index (χ3n) is 4.85. The van der Waals surface area contributed by atoms with Crippen LogP contribution in [0.1, 0.15) is 56.9 Å². The predicted molar refractivity (Wildman–Crippen MR) is 90.2 cm³/mol. The molecular formula is C19H27NO3. The molecule has 0 heterocycles. The number of carboxylic acid groups (broad SMARTS) is 1. The molecule has 0 radical (unpaired) electrons. The van der Waals surface area contributed by atoms with E-state index in [0.717, 1.165) is 25.7 Å². The Bertz CT molecular complexity index is 515. The lowest BCUT2D eigenvalue weighted by molar-refractivity contribution is -0.148. The second-order valence-electron chi connectivity index (χ2n) is 6.48. The van der Waals surface area contributed by atoms with Crippen molar-refractivity contribution in [1.29, 1.82) is 0 Å². The molecule has 0 saturated heterocycles. The van der Waals surface area contributed by atoms with Gasteiger partial charge < -0.3 is 10.4 Å². The van der Waals surface area contributed by atoms with Crippen LogP contribution in [0.25, 0.3) is 0 Å². The highest BCUT2D eigenvalue weighted by Gasteiger charge is 2.35. The molecule has 126 valence electrons. The van der Waals surface area contributed by atoms with Gasteiger partial charge in [0.15, 0.2) is 0 Å². The van der Waals surface area contributed by atoms with Crippen LogP contribution in [0.5, 0.6) is 0 Å². The summed E-state index contributed by atoms with van der Waals surface area (Å²) in [4.78, 5) is 23.8. The second-order valence-corrected chi connectivity index (χ2v) is 6.48. The van der Waals surface area contributed by atoms with E-state index in [1.54, 1.807) is 0 Å². The fourth-order valence-corrected chi connectivity index (χ4v) is 3.56. The minimum atomic E-state index is -0.835.